The fourth-order valence-corrected chi connectivity index (χ4v) is 2.45. The molecule has 1 aromatic heterocycles. The second-order valence-electron chi connectivity index (χ2n) is 3.79. The lowest BCUT2D eigenvalue weighted by atomic mass is 10.1. The molecule has 0 spiro atoms. The summed E-state index contributed by atoms with van der Waals surface area (Å²) in [6.45, 7) is 2.37. The van der Waals surface area contributed by atoms with Crippen LogP contribution < -0.4 is 5.32 Å². The first-order chi connectivity index (χ1) is 8.56. The largest absolute Gasteiger partial charge is 0.478 e. The van der Waals surface area contributed by atoms with E-state index in [1.54, 1.807) is 18.3 Å². The summed E-state index contributed by atoms with van der Waals surface area (Å²) >= 11 is 7.10. The van der Waals surface area contributed by atoms with Crippen LogP contribution in [0.4, 0.5) is 5.69 Å². The standard InChI is InChI=1S/C12H11ClN2O2S/c1-7-2-3-10(9(4-7)11(16)17)14-5-8-6-15-12(13)18-8/h2-4,6,14H,5H2,1H3,(H,16,17). The molecule has 6 heteroatoms. The highest BCUT2D eigenvalue weighted by molar-refractivity contribution is 7.15. The highest BCUT2D eigenvalue weighted by Crippen LogP contribution is 2.21. The lowest BCUT2D eigenvalue weighted by Crippen LogP contribution is -2.06. The average molecular weight is 283 g/mol. The van der Waals surface area contributed by atoms with Crippen molar-refractivity contribution in [1.82, 2.24) is 4.98 Å². The van der Waals surface area contributed by atoms with E-state index in [0.29, 0.717) is 16.7 Å². The van der Waals surface area contributed by atoms with Crippen LogP contribution in [0, 0.1) is 6.92 Å². The van der Waals surface area contributed by atoms with E-state index in [2.05, 4.69) is 10.3 Å². The maximum atomic E-state index is 11.1. The van der Waals surface area contributed by atoms with Crippen molar-refractivity contribution in [3.63, 3.8) is 0 Å². The third-order valence-electron chi connectivity index (χ3n) is 2.38. The zero-order chi connectivity index (χ0) is 13.1. The number of rotatable bonds is 4. The van der Waals surface area contributed by atoms with E-state index < -0.39 is 5.97 Å². The van der Waals surface area contributed by atoms with E-state index in [4.69, 9.17) is 16.7 Å². The van der Waals surface area contributed by atoms with Gasteiger partial charge < -0.3 is 10.4 Å². The number of anilines is 1. The Morgan fingerprint density at radius 1 is 1.56 bits per heavy atom. The Labute approximate surface area is 113 Å². The van der Waals surface area contributed by atoms with E-state index in [0.717, 1.165) is 10.4 Å². The number of halogens is 1. The molecule has 0 bridgehead atoms. The minimum absolute atomic E-state index is 0.269. The van der Waals surface area contributed by atoms with Gasteiger partial charge in [-0.3, -0.25) is 0 Å². The summed E-state index contributed by atoms with van der Waals surface area (Å²) in [6.07, 6.45) is 1.68. The van der Waals surface area contributed by atoms with Crippen LogP contribution in [0.3, 0.4) is 0 Å². The first-order valence-corrected chi connectivity index (χ1v) is 6.44. The number of nitrogens with one attached hydrogen (secondary N) is 1. The van der Waals surface area contributed by atoms with E-state index in [1.807, 2.05) is 13.0 Å². The molecular weight excluding hydrogens is 272 g/mol. The van der Waals surface area contributed by atoms with Crippen LogP contribution in [0.25, 0.3) is 0 Å². The quantitative estimate of drug-likeness (QED) is 0.902. The molecule has 0 aliphatic carbocycles. The predicted octanol–water partition coefficient (Wildman–Crippen LogP) is 3.42. The average Bonchev–Trinajstić information content (AvgIpc) is 2.73. The molecule has 0 aliphatic rings. The molecular formula is C12H11ClN2O2S. The van der Waals surface area contributed by atoms with Gasteiger partial charge in [0, 0.05) is 16.8 Å². The first-order valence-electron chi connectivity index (χ1n) is 5.24. The molecule has 2 rings (SSSR count). The van der Waals surface area contributed by atoms with Crippen molar-refractivity contribution in [2.75, 3.05) is 5.32 Å². The number of hydrogen-bond donors (Lipinski definition) is 2. The molecule has 1 aromatic carbocycles. The number of thiazole rings is 1. The zero-order valence-corrected chi connectivity index (χ0v) is 11.2. The summed E-state index contributed by atoms with van der Waals surface area (Å²) in [5, 5.41) is 12.2. The van der Waals surface area contributed by atoms with Crippen molar-refractivity contribution in [2.24, 2.45) is 0 Å². The Hall–Kier alpha value is -1.59. The maximum Gasteiger partial charge on any atom is 0.337 e. The Morgan fingerprint density at radius 3 is 2.94 bits per heavy atom. The number of benzene rings is 1. The molecule has 4 nitrogen and oxygen atoms in total. The lowest BCUT2D eigenvalue weighted by molar-refractivity contribution is 0.0698. The monoisotopic (exact) mass is 282 g/mol. The van der Waals surface area contributed by atoms with Crippen LogP contribution in [0.1, 0.15) is 20.8 Å². The number of aromatic carboxylic acids is 1. The smallest absolute Gasteiger partial charge is 0.337 e. The Bertz CT molecular complexity index is 583. The summed E-state index contributed by atoms with van der Waals surface area (Å²) in [4.78, 5) is 16.0. The second kappa shape index (κ2) is 5.37. The second-order valence-corrected chi connectivity index (χ2v) is 5.48. The van der Waals surface area contributed by atoms with E-state index >= 15 is 0 Å². The fourth-order valence-electron chi connectivity index (χ4n) is 1.54. The third kappa shape index (κ3) is 3.00. The minimum Gasteiger partial charge on any atom is -0.478 e. The Morgan fingerprint density at radius 2 is 2.33 bits per heavy atom. The van der Waals surface area contributed by atoms with Gasteiger partial charge in [0.15, 0.2) is 4.47 Å². The SMILES string of the molecule is Cc1ccc(NCc2cnc(Cl)s2)c(C(=O)O)c1. The number of carbonyl (C=O) groups is 1. The maximum absolute atomic E-state index is 11.1. The van der Waals surface area contributed by atoms with Crippen LogP contribution in [0.15, 0.2) is 24.4 Å². The van der Waals surface area contributed by atoms with Crippen LogP contribution in [-0.2, 0) is 6.54 Å². The van der Waals surface area contributed by atoms with Crippen LogP contribution in [0.2, 0.25) is 4.47 Å². The van der Waals surface area contributed by atoms with Crippen molar-refractivity contribution in [2.45, 2.75) is 13.5 Å². The number of aryl methyl sites for hydroxylation is 1. The van der Waals surface area contributed by atoms with Crippen molar-refractivity contribution >= 4 is 34.6 Å². The normalized spacial score (nSPS) is 10.3. The molecule has 94 valence electrons. The van der Waals surface area contributed by atoms with Gasteiger partial charge in [-0.25, -0.2) is 9.78 Å². The predicted molar refractivity (Wildman–Crippen MR) is 72.6 cm³/mol. The highest BCUT2D eigenvalue weighted by atomic mass is 35.5. The summed E-state index contributed by atoms with van der Waals surface area (Å²) < 4.78 is 0.481. The highest BCUT2D eigenvalue weighted by Gasteiger charge is 2.10. The van der Waals surface area contributed by atoms with Crippen LogP contribution in [0.5, 0.6) is 0 Å². The molecule has 0 fully saturated rings. The van der Waals surface area contributed by atoms with Gasteiger partial charge in [-0.05, 0) is 19.1 Å². The first kappa shape index (κ1) is 12.9. The summed E-state index contributed by atoms with van der Waals surface area (Å²) in [6, 6.07) is 5.28. The number of carboxylic acid groups (broad SMARTS) is 1. The van der Waals surface area contributed by atoms with Crippen molar-refractivity contribution in [3.8, 4) is 0 Å². The third-order valence-corrected chi connectivity index (χ3v) is 3.50. The Balaban J connectivity index is 2.16. The van der Waals surface area contributed by atoms with Crippen molar-refractivity contribution < 1.29 is 9.90 Å². The van der Waals surface area contributed by atoms with Gasteiger partial charge in [-0.1, -0.05) is 23.2 Å². The number of aromatic nitrogens is 1. The van der Waals surface area contributed by atoms with Gasteiger partial charge >= 0.3 is 5.97 Å². The van der Waals surface area contributed by atoms with Gasteiger partial charge in [-0.2, -0.15) is 0 Å². The minimum atomic E-state index is -0.941. The Kier molecular flexibility index (Phi) is 3.84. The van der Waals surface area contributed by atoms with Gasteiger partial charge in [0.1, 0.15) is 0 Å². The van der Waals surface area contributed by atoms with Crippen LogP contribution >= 0.6 is 22.9 Å². The molecule has 0 atom stereocenters. The van der Waals surface area contributed by atoms with Gasteiger partial charge in [0.2, 0.25) is 0 Å². The van der Waals surface area contributed by atoms with Crippen LogP contribution in [-0.4, -0.2) is 16.1 Å². The fraction of sp³-hybridized carbons (Fsp3) is 0.167. The molecule has 0 amide bonds. The molecule has 0 saturated carbocycles. The summed E-state index contributed by atoms with van der Waals surface area (Å²) in [5.74, 6) is -0.941. The molecule has 0 aliphatic heterocycles. The molecule has 2 N–H and O–H groups in total. The molecule has 18 heavy (non-hydrogen) atoms. The summed E-state index contributed by atoms with van der Waals surface area (Å²) in [5.41, 5.74) is 1.78. The lowest BCUT2D eigenvalue weighted by Gasteiger charge is -2.09. The molecule has 0 unspecified atom stereocenters. The van der Waals surface area contributed by atoms with Gasteiger partial charge in [0.25, 0.3) is 0 Å². The molecule has 1 heterocycles. The van der Waals surface area contributed by atoms with Crippen molar-refractivity contribution in [1.29, 1.82) is 0 Å². The van der Waals surface area contributed by atoms with Gasteiger partial charge in [0.05, 0.1) is 12.1 Å². The molecule has 0 saturated heterocycles. The molecule has 2 aromatic rings. The summed E-state index contributed by atoms with van der Waals surface area (Å²) in [7, 11) is 0. The van der Waals surface area contributed by atoms with E-state index in [1.165, 1.54) is 11.3 Å². The van der Waals surface area contributed by atoms with E-state index in [9.17, 15) is 4.79 Å². The number of carboxylic acids is 1. The molecule has 0 radical (unpaired) electrons. The van der Waals surface area contributed by atoms with Gasteiger partial charge in [-0.15, -0.1) is 11.3 Å². The van der Waals surface area contributed by atoms with E-state index in [-0.39, 0.29) is 5.56 Å². The van der Waals surface area contributed by atoms with Crippen molar-refractivity contribution in [3.05, 3.63) is 44.9 Å². The topological polar surface area (TPSA) is 62.2 Å². The number of hydrogen-bond acceptors (Lipinski definition) is 4. The number of nitrogens with zero attached hydrogens (tertiary/aromatic N) is 1. The zero-order valence-electron chi connectivity index (χ0n) is 9.61.